The lowest BCUT2D eigenvalue weighted by atomic mass is 9.75. The zero-order valence-corrected chi connectivity index (χ0v) is 15.2. The second-order valence-electron chi connectivity index (χ2n) is 8.01. The molecule has 3 atom stereocenters. The third-order valence-corrected chi connectivity index (χ3v) is 6.69. The molecule has 7 heteroatoms. The first kappa shape index (κ1) is 16.9. The molecule has 4 saturated heterocycles. The summed E-state index contributed by atoms with van der Waals surface area (Å²) in [5.41, 5.74) is 1.18. The van der Waals surface area contributed by atoms with Crippen LogP contribution in [-0.2, 0) is 9.59 Å². The maximum Gasteiger partial charge on any atom is 0.303 e. The van der Waals surface area contributed by atoms with Crippen molar-refractivity contribution in [2.24, 2.45) is 5.92 Å². The Labute approximate surface area is 157 Å². The van der Waals surface area contributed by atoms with Crippen molar-refractivity contribution in [3.63, 3.8) is 0 Å². The van der Waals surface area contributed by atoms with Crippen molar-refractivity contribution in [3.05, 3.63) is 23.8 Å². The minimum Gasteiger partial charge on any atom is -0.481 e. The summed E-state index contributed by atoms with van der Waals surface area (Å²) in [5, 5.41) is 8.96. The fourth-order valence-corrected chi connectivity index (χ4v) is 5.50. The van der Waals surface area contributed by atoms with Gasteiger partial charge in [-0.1, -0.05) is 6.07 Å². The van der Waals surface area contributed by atoms with Gasteiger partial charge >= 0.3 is 5.97 Å². The third-order valence-electron chi connectivity index (χ3n) is 6.69. The molecule has 1 aromatic carbocycles. The lowest BCUT2D eigenvalue weighted by Crippen LogP contribution is -2.60. The molecular formula is C20H24N2O5. The van der Waals surface area contributed by atoms with Crippen LogP contribution in [0.2, 0.25) is 0 Å². The van der Waals surface area contributed by atoms with Gasteiger partial charge in [-0.05, 0) is 49.5 Å². The summed E-state index contributed by atoms with van der Waals surface area (Å²) < 4.78 is 11.0. The second-order valence-corrected chi connectivity index (χ2v) is 8.01. The summed E-state index contributed by atoms with van der Waals surface area (Å²) in [6.45, 7) is 3.08. The van der Waals surface area contributed by atoms with Crippen LogP contribution in [0.1, 0.15) is 37.2 Å². The van der Waals surface area contributed by atoms with E-state index in [0.717, 1.165) is 37.4 Å². The number of fused-ring (bicyclic) bond motifs is 3. The molecule has 5 aliphatic rings. The molecule has 5 heterocycles. The highest BCUT2D eigenvalue weighted by molar-refractivity contribution is 5.81. The molecule has 0 unspecified atom stereocenters. The van der Waals surface area contributed by atoms with Crippen molar-refractivity contribution in [3.8, 4) is 11.5 Å². The van der Waals surface area contributed by atoms with Gasteiger partial charge in [-0.25, -0.2) is 0 Å². The molecule has 6 rings (SSSR count). The van der Waals surface area contributed by atoms with Gasteiger partial charge in [0.05, 0.1) is 12.5 Å². The maximum atomic E-state index is 12.8. The summed E-state index contributed by atoms with van der Waals surface area (Å²) in [6, 6.07) is 6.61. The number of benzene rings is 1. The van der Waals surface area contributed by atoms with Crippen LogP contribution >= 0.6 is 0 Å². The Morgan fingerprint density at radius 2 is 1.85 bits per heavy atom. The van der Waals surface area contributed by atoms with E-state index < -0.39 is 5.97 Å². The number of ether oxygens (including phenoxy) is 2. The number of nitrogens with zero attached hydrogens (tertiary/aromatic N) is 2. The predicted molar refractivity (Wildman–Crippen MR) is 95.8 cm³/mol. The van der Waals surface area contributed by atoms with E-state index in [1.165, 1.54) is 5.56 Å². The van der Waals surface area contributed by atoms with Crippen LogP contribution in [0.25, 0.3) is 0 Å². The highest BCUT2D eigenvalue weighted by Crippen LogP contribution is 2.48. The number of amides is 1. The van der Waals surface area contributed by atoms with E-state index in [2.05, 4.69) is 17.0 Å². The highest BCUT2D eigenvalue weighted by Gasteiger charge is 2.54. The summed E-state index contributed by atoms with van der Waals surface area (Å²) in [6.07, 6.45) is 2.23. The lowest BCUT2D eigenvalue weighted by Gasteiger charge is -2.51. The van der Waals surface area contributed by atoms with Crippen molar-refractivity contribution >= 4 is 11.9 Å². The summed E-state index contributed by atoms with van der Waals surface area (Å²) in [5.74, 6) is 1.35. The monoisotopic (exact) mass is 372 g/mol. The molecule has 1 N–H and O–H groups in total. The van der Waals surface area contributed by atoms with E-state index in [0.29, 0.717) is 18.5 Å². The number of likely N-dealkylation sites (tertiary alicyclic amines) is 1. The maximum absolute atomic E-state index is 12.8. The van der Waals surface area contributed by atoms with Gasteiger partial charge in [0.1, 0.15) is 0 Å². The molecule has 0 saturated carbocycles. The van der Waals surface area contributed by atoms with Crippen LogP contribution in [0.3, 0.4) is 0 Å². The molecule has 27 heavy (non-hydrogen) atoms. The van der Waals surface area contributed by atoms with Crippen LogP contribution in [-0.4, -0.2) is 65.3 Å². The highest BCUT2D eigenvalue weighted by atomic mass is 16.7. The SMILES string of the molecule is O=C(O)CCC(=O)N1C[C@H](c2ccc3c(c2)OCO3)[C@@H]2[C@H]1C1CCN2CC1. The molecule has 7 nitrogen and oxygen atoms in total. The molecule has 0 aliphatic carbocycles. The van der Waals surface area contributed by atoms with E-state index in [9.17, 15) is 9.59 Å². The molecule has 144 valence electrons. The summed E-state index contributed by atoms with van der Waals surface area (Å²) in [4.78, 5) is 28.3. The van der Waals surface area contributed by atoms with E-state index in [4.69, 9.17) is 14.6 Å². The topological polar surface area (TPSA) is 79.3 Å². The van der Waals surface area contributed by atoms with Crippen LogP contribution in [0, 0.1) is 5.92 Å². The molecule has 5 aliphatic heterocycles. The van der Waals surface area contributed by atoms with Crippen molar-refractivity contribution in [1.82, 2.24) is 9.80 Å². The average Bonchev–Trinajstić information content (AvgIpc) is 3.32. The summed E-state index contributed by atoms with van der Waals surface area (Å²) in [7, 11) is 0. The van der Waals surface area contributed by atoms with Gasteiger partial charge in [-0.15, -0.1) is 0 Å². The fourth-order valence-electron chi connectivity index (χ4n) is 5.50. The number of hydrogen-bond acceptors (Lipinski definition) is 5. The van der Waals surface area contributed by atoms with Gasteiger partial charge in [0.2, 0.25) is 12.7 Å². The van der Waals surface area contributed by atoms with E-state index in [-0.39, 0.29) is 37.5 Å². The zero-order valence-electron chi connectivity index (χ0n) is 15.2. The van der Waals surface area contributed by atoms with E-state index >= 15 is 0 Å². The molecule has 0 radical (unpaired) electrons. The number of carbonyl (C=O) groups excluding carboxylic acids is 1. The predicted octanol–water partition coefficient (Wildman–Crippen LogP) is 1.67. The Balaban J connectivity index is 1.45. The van der Waals surface area contributed by atoms with Gasteiger partial charge in [-0.3, -0.25) is 14.5 Å². The number of piperidine rings is 3. The van der Waals surface area contributed by atoms with Gasteiger partial charge in [0.25, 0.3) is 0 Å². The zero-order chi connectivity index (χ0) is 18.5. The van der Waals surface area contributed by atoms with E-state index in [1.54, 1.807) is 0 Å². The molecule has 1 aromatic rings. The van der Waals surface area contributed by atoms with Gasteiger partial charge in [0.15, 0.2) is 11.5 Å². The molecular weight excluding hydrogens is 348 g/mol. The molecule has 2 bridgehead atoms. The van der Waals surface area contributed by atoms with E-state index in [1.807, 2.05) is 11.0 Å². The lowest BCUT2D eigenvalue weighted by molar-refractivity contribution is -0.142. The van der Waals surface area contributed by atoms with Crippen molar-refractivity contribution in [2.45, 2.75) is 43.7 Å². The van der Waals surface area contributed by atoms with Crippen molar-refractivity contribution < 1.29 is 24.2 Å². The molecule has 1 amide bonds. The molecule has 0 spiro atoms. The number of aliphatic carboxylic acids is 1. The first-order chi connectivity index (χ1) is 13.1. The first-order valence-corrected chi connectivity index (χ1v) is 9.76. The fraction of sp³-hybridized carbons (Fsp3) is 0.600. The minimum atomic E-state index is -0.916. The number of carboxylic acid groups (broad SMARTS) is 1. The van der Waals surface area contributed by atoms with Crippen LogP contribution in [0.4, 0.5) is 0 Å². The van der Waals surface area contributed by atoms with Crippen molar-refractivity contribution in [1.29, 1.82) is 0 Å². The number of carboxylic acids is 1. The Hall–Kier alpha value is -2.28. The molecule has 4 fully saturated rings. The Morgan fingerprint density at radius 3 is 2.63 bits per heavy atom. The number of carbonyl (C=O) groups is 2. The molecule has 0 aromatic heterocycles. The van der Waals surface area contributed by atoms with Gasteiger partial charge < -0.3 is 19.5 Å². The minimum absolute atomic E-state index is 0.0237. The Bertz CT molecular complexity index is 774. The van der Waals surface area contributed by atoms with Crippen LogP contribution in [0.15, 0.2) is 18.2 Å². The van der Waals surface area contributed by atoms with Gasteiger partial charge in [-0.2, -0.15) is 0 Å². The van der Waals surface area contributed by atoms with Gasteiger partial charge in [0, 0.05) is 24.9 Å². The average molecular weight is 372 g/mol. The normalized spacial score (nSPS) is 33.2. The number of hydrogen-bond donors (Lipinski definition) is 1. The quantitative estimate of drug-likeness (QED) is 0.866. The van der Waals surface area contributed by atoms with Crippen LogP contribution in [0.5, 0.6) is 11.5 Å². The number of rotatable bonds is 4. The third kappa shape index (κ3) is 2.76. The smallest absolute Gasteiger partial charge is 0.303 e. The standard InChI is InChI=1S/C20H24N2O5/c23-17(3-4-18(24)25)22-10-14(13-1-2-15-16(9-13)27-11-26-15)20-19(22)12-5-7-21(20)8-6-12/h1-2,9,12,14,19-20H,3-8,10-11H2,(H,24,25)/t14-,19-,20-/m1/s1. The summed E-state index contributed by atoms with van der Waals surface area (Å²) >= 11 is 0. The second kappa shape index (κ2) is 6.41. The first-order valence-electron chi connectivity index (χ1n) is 9.76. The Morgan fingerprint density at radius 1 is 1.07 bits per heavy atom. The van der Waals surface area contributed by atoms with Crippen molar-refractivity contribution in [2.75, 3.05) is 26.4 Å². The Kier molecular flexibility index (Phi) is 4.00. The largest absolute Gasteiger partial charge is 0.481 e. The van der Waals surface area contributed by atoms with Crippen LogP contribution < -0.4 is 9.47 Å².